The van der Waals surface area contributed by atoms with Gasteiger partial charge >= 0.3 is 12.3 Å². The molecule has 0 aliphatic carbocycles. The van der Waals surface area contributed by atoms with Gasteiger partial charge in [-0.1, -0.05) is 74.1 Å². The third-order valence-electron chi connectivity index (χ3n) is 8.02. The monoisotopic (exact) mass is 666 g/mol. The summed E-state index contributed by atoms with van der Waals surface area (Å²) in [7, 11) is 0. The van der Waals surface area contributed by atoms with E-state index in [0.29, 0.717) is 39.6 Å². The Kier molecular flexibility index (Phi) is 9.84. The molecule has 2 aromatic heterocycles. The number of nitrogens with one attached hydrogen (secondary N) is 2. The summed E-state index contributed by atoms with van der Waals surface area (Å²) < 4.78 is 42.6. The van der Waals surface area contributed by atoms with Crippen molar-refractivity contribution in [2.24, 2.45) is 0 Å². The first-order valence-corrected chi connectivity index (χ1v) is 15.4. The number of amides is 1. The van der Waals surface area contributed by atoms with Crippen molar-refractivity contribution < 1.29 is 23.1 Å². The van der Waals surface area contributed by atoms with Gasteiger partial charge in [0.15, 0.2) is 5.82 Å². The van der Waals surface area contributed by atoms with Crippen LogP contribution in [0.3, 0.4) is 0 Å². The Hall–Kier alpha value is -4.92. The minimum absolute atomic E-state index is 0.0203. The molecule has 47 heavy (non-hydrogen) atoms. The molecule has 0 unspecified atom stereocenters. The molecule has 15 heteroatoms. The van der Waals surface area contributed by atoms with Crippen LogP contribution in [0, 0.1) is 12.3 Å². The number of carbonyl (C=O) groups is 1. The summed E-state index contributed by atoms with van der Waals surface area (Å²) in [4.78, 5) is 32.1. The molecule has 0 saturated heterocycles. The van der Waals surface area contributed by atoms with Crippen LogP contribution in [-0.2, 0) is 38.7 Å². The fourth-order valence-corrected chi connectivity index (χ4v) is 5.89. The summed E-state index contributed by atoms with van der Waals surface area (Å²) in [6.45, 7) is 4.37. The molecule has 5 rings (SSSR count). The van der Waals surface area contributed by atoms with E-state index in [4.69, 9.17) is 27.7 Å². The molecule has 0 saturated carbocycles. The molecule has 0 radical (unpaired) electrons. The highest BCUT2D eigenvalue weighted by Crippen LogP contribution is 2.30. The Labute approximate surface area is 273 Å². The van der Waals surface area contributed by atoms with E-state index >= 15 is 0 Å². The summed E-state index contributed by atoms with van der Waals surface area (Å²) in [6.07, 6.45) is -3.47. The number of alkyl halides is 3. The lowest BCUT2D eigenvalue weighted by Crippen LogP contribution is -2.40. The van der Waals surface area contributed by atoms with Gasteiger partial charge in [0.25, 0.3) is 5.56 Å². The second kappa shape index (κ2) is 13.8. The number of fused-ring (bicyclic) bond motifs is 1. The number of hydrogen-bond donors (Lipinski definition) is 3. The van der Waals surface area contributed by atoms with Gasteiger partial charge in [0, 0.05) is 42.8 Å². The number of rotatable bonds is 9. The maximum Gasteiger partial charge on any atom is 0.451 e. The second-order valence-electron chi connectivity index (χ2n) is 11.2. The Bertz CT molecular complexity index is 1890. The molecule has 4 aromatic rings. The van der Waals surface area contributed by atoms with Gasteiger partial charge < -0.3 is 14.6 Å². The maximum atomic E-state index is 14.0. The Morgan fingerprint density at radius 2 is 1.83 bits per heavy atom. The van der Waals surface area contributed by atoms with Gasteiger partial charge in [0.2, 0.25) is 5.82 Å². The van der Waals surface area contributed by atoms with Gasteiger partial charge in [-0.2, -0.15) is 13.2 Å². The van der Waals surface area contributed by atoms with Crippen molar-refractivity contribution in [1.82, 2.24) is 34.5 Å². The second-order valence-corrected chi connectivity index (χ2v) is 11.7. The quantitative estimate of drug-likeness (QED) is 0.126. The van der Waals surface area contributed by atoms with E-state index in [2.05, 4.69) is 22.4 Å². The highest BCUT2D eigenvalue weighted by Gasteiger charge is 2.39. The molecule has 1 amide bonds. The third-order valence-corrected chi connectivity index (χ3v) is 8.43. The zero-order valence-electron chi connectivity index (χ0n) is 25.8. The molecule has 0 bridgehead atoms. The summed E-state index contributed by atoms with van der Waals surface area (Å²) in [5, 5.41) is 26.4. The van der Waals surface area contributed by atoms with E-state index in [9.17, 15) is 22.8 Å². The zero-order chi connectivity index (χ0) is 33.9. The van der Waals surface area contributed by atoms with E-state index in [0.717, 1.165) is 28.5 Å². The predicted octanol–water partition coefficient (Wildman–Crippen LogP) is 5.20. The lowest BCUT2D eigenvalue weighted by Gasteiger charge is -2.30. The predicted molar refractivity (Wildman–Crippen MR) is 173 cm³/mol. The number of carboxylic acid groups (broad SMARTS) is 1. The molecule has 3 heterocycles. The molecule has 0 atom stereocenters. The number of hydrogen-bond acceptors (Lipinski definition) is 7. The maximum absolute atomic E-state index is 14.0. The van der Waals surface area contributed by atoms with Gasteiger partial charge in [-0.3, -0.25) is 20.1 Å². The minimum atomic E-state index is -4.60. The number of amidine groups is 1. The first-order valence-electron chi connectivity index (χ1n) is 15.0. The molecule has 11 nitrogen and oxygen atoms in total. The van der Waals surface area contributed by atoms with Crippen LogP contribution in [0.25, 0.3) is 11.1 Å². The average Bonchev–Trinajstić information content (AvgIpc) is 3.48. The fourth-order valence-electron chi connectivity index (χ4n) is 5.59. The van der Waals surface area contributed by atoms with Crippen LogP contribution in [0.4, 0.5) is 18.0 Å². The van der Waals surface area contributed by atoms with Gasteiger partial charge in [-0.15, -0.1) is 10.2 Å². The SMILES string of the molecule is CCCCc1nc(C)c(CC(=S)N2CCn3c(nnc3C(F)(F)F)C2)c(=O)n1Cc1ccc(-c2ccccc2C(=N)NC(=O)O)cc1. The third kappa shape index (κ3) is 7.40. The van der Waals surface area contributed by atoms with E-state index in [1.807, 2.05) is 24.3 Å². The van der Waals surface area contributed by atoms with Crippen molar-refractivity contribution in [3.8, 4) is 11.1 Å². The van der Waals surface area contributed by atoms with Crippen LogP contribution in [0.2, 0.25) is 0 Å². The molecular weight excluding hydrogens is 633 g/mol. The molecular formula is C32H33F3N8O3S. The van der Waals surface area contributed by atoms with Crippen molar-refractivity contribution in [1.29, 1.82) is 5.41 Å². The van der Waals surface area contributed by atoms with Crippen molar-refractivity contribution in [3.05, 3.63) is 98.7 Å². The lowest BCUT2D eigenvalue weighted by molar-refractivity contribution is -0.147. The van der Waals surface area contributed by atoms with Crippen LogP contribution in [0.15, 0.2) is 53.3 Å². The number of halogens is 3. The number of aromatic nitrogens is 5. The molecule has 1 aliphatic rings. The van der Waals surface area contributed by atoms with Crippen molar-refractivity contribution in [2.45, 2.75) is 65.3 Å². The lowest BCUT2D eigenvalue weighted by atomic mass is 9.98. The van der Waals surface area contributed by atoms with Crippen molar-refractivity contribution in [3.63, 3.8) is 0 Å². The number of nitrogens with zero attached hydrogens (tertiary/aromatic N) is 6. The summed E-state index contributed by atoms with van der Waals surface area (Å²) >= 11 is 5.69. The highest BCUT2D eigenvalue weighted by atomic mass is 32.1. The van der Waals surface area contributed by atoms with Crippen LogP contribution < -0.4 is 10.9 Å². The number of benzene rings is 2. The minimum Gasteiger partial charge on any atom is -0.465 e. The molecule has 2 aromatic carbocycles. The number of thiocarbonyl (C=S) groups is 1. The van der Waals surface area contributed by atoms with E-state index in [1.54, 1.807) is 40.7 Å². The average molecular weight is 667 g/mol. The van der Waals surface area contributed by atoms with Crippen LogP contribution in [0.5, 0.6) is 0 Å². The Morgan fingerprint density at radius 3 is 2.51 bits per heavy atom. The van der Waals surface area contributed by atoms with Crippen molar-refractivity contribution in [2.75, 3.05) is 6.54 Å². The standard InChI is InChI=1S/C32H33F3N8O3S/c1-3-4-9-25-37-19(2)24(16-27(47)41-14-15-42-26(18-41)39-40-30(42)32(33,34)35)29(44)43(25)17-20-10-12-21(13-11-20)22-7-5-6-8-23(22)28(36)38-31(45)46/h5-8,10-13H,3-4,9,14-18H2,1-2H3,(H2,36,38)(H,45,46). The number of aryl methyl sites for hydroxylation is 2. The van der Waals surface area contributed by atoms with E-state index < -0.39 is 18.1 Å². The molecule has 0 fully saturated rings. The molecule has 246 valence electrons. The smallest absolute Gasteiger partial charge is 0.451 e. The van der Waals surface area contributed by atoms with Crippen LogP contribution >= 0.6 is 12.2 Å². The zero-order valence-corrected chi connectivity index (χ0v) is 26.6. The van der Waals surface area contributed by atoms with Gasteiger partial charge in [-0.25, -0.2) is 9.78 Å². The molecule has 0 spiro atoms. The summed E-state index contributed by atoms with van der Waals surface area (Å²) in [5.41, 5.74) is 3.47. The number of unbranched alkanes of at least 4 members (excludes halogenated alkanes) is 1. The van der Waals surface area contributed by atoms with Gasteiger partial charge in [-0.05, 0) is 30.0 Å². The summed E-state index contributed by atoms with van der Waals surface area (Å²) in [5.74, 6) is -0.458. The van der Waals surface area contributed by atoms with E-state index in [-0.39, 0.29) is 49.8 Å². The van der Waals surface area contributed by atoms with Crippen LogP contribution in [0.1, 0.15) is 59.6 Å². The fraction of sp³-hybridized carbons (Fsp3) is 0.344. The Balaban J connectivity index is 1.39. The first kappa shape index (κ1) is 33.4. The van der Waals surface area contributed by atoms with Crippen LogP contribution in [-0.4, -0.2) is 57.8 Å². The molecule has 3 N–H and O–H groups in total. The topological polar surface area (TPSA) is 142 Å². The van der Waals surface area contributed by atoms with E-state index in [1.165, 1.54) is 0 Å². The van der Waals surface area contributed by atoms with Gasteiger partial charge in [0.05, 0.1) is 18.1 Å². The van der Waals surface area contributed by atoms with Gasteiger partial charge in [0.1, 0.15) is 11.7 Å². The molecule has 1 aliphatic heterocycles. The largest absolute Gasteiger partial charge is 0.465 e. The highest BCUT2D eigenvalue weighted by molar-refractivity contribution is 7.80. The normalized spacial score (nSPS) is 12.9. The Morgan fingerprint density at radius 1 is 1.11 bits per heavy atom. The van der Waals surface area contributed by atoms with Crippen molar-refractivity contribution >= 4 is 29.1 Å². The first-order chi connectivity index (χ1) is 22.4. The summed E-state index contributed by atoms with van der Waals surface area (Å²) in [6, 6.07) is 14.5.